The van der Waals surface area contributed by atoms with Gasteiger partial charge in [-0.1, -0.05) is 27.7 Å². The first-order valence-electron chi connectivity index (χ1n) is 6.83. The number of thiophene rings is 1. The van der Waals surface area contributed by atoms with Crippen LogP contribution in [0.25, 0.3) is 0 Å². The lowest BCUT2D eigenvalue weighted by Crippen LogP contribution is -2.37. The van der Waals surface area contributed by atoms with Gasteiger partial charge in [0.05, 0.1) is 0 Å². The van der Waals surface area contributed by atoms with Crippen LogP contribution in [0.4, 0.5) is 0 Å². The summed E-state index contributed by atoms with van der Waals surface area (Å²) in [5.74, 6) is 0.408. The molecule has 0 aromatic carbocycles. The number of rotatable bonds is 7. The van der Waals surface area contributed by atoms with Gasteiger partial charge < -0.3 is 5.32 Å². The van der Waals surface area contributed by atoms with Crippen molar-refractivity contribution >= 4 is 21.4 Å². The summed E-state index contributed by atoms with van der Waals surface area (Å²) in [7, 11) is -1.63. The molecule has 0 saturated carbocycles. The van der Waals surface area contributed by atoms with Gasteiger partial charge in [-0.05, 0) is 36.2 Å². The average molecular weight is 319 g/mol. The summed E-state index contributed by atoms with van der Waals surface area (Å²) < 4.78 is 27.9. The van der Waals surface area contributed by atoms with Gasteiger partial charge in [0.1, 0.15) is 4.90 Å². The van der Waals surface area contributed by atoms with E-state index >= 15 is 0 Å². The van der Waals surface area contributed by atoms with Gasteiger partial charge in [-0.25, -0.2) is 13.1 Å². The molecule has 0 aliphatic carbocycles. The van der Waals surface area contributed by atoms with Crippen molar-refractivity contribution in [3.63, 3.8) is 0 Å². The number of nitrogens with one attached hydrogen (secondary N) is 2. The molecule has 6 heteroatoms. The van der Waals surface area contributed by atoms with Crippen LogP contribution in [0.1, 0.15) is 38.1 Å². The summed E-state index contributed by atoms with van der Waals surface area (Å²) in [5, 5.41) is 4.92. The maximum absolute atomic E-state index is 12.5. The van der Waals surface area contributed by atoms with E-state index in [-0.39, 0.29) is 5.41 Å². The molecule has 4 nitrogen and oxygen atoms in total. The van der Waals surface area contributed by atoms with Crippen LogP contribution in [0, 0.1) is 18.3 Å². The summed E-state index contributed by atoms with van der Waals surface area (Å²) in [6.07, 6.45) is 0. The van der Waals surface area contributed by atoms with Crippen LogP contribution in [0.5, 0.6) is 0 Å². The van der Waals surface area contributed by atoms with Gasteiger partial charge in [-0.2, -0.15) is 0 Å². The molecule has 0 amide bonds. The zero-order valence-corrected chi connectivity index (χ0v) is 14.8. The molecule has 1 heterocycles. The van der Waals surface area contributed by atoms with E-state index in [1.54, 1.807) is 0 Å². The van der Waals surface area contributed by atoms with E-state index in [1.165, 1.54) is 11.3 Å². The predicted octanol–water partition coefficient (Wildman–Crippen LogP) is 2.74. The Morgan fingerprint density at radius 2 is 1.95 bits per heavy atom. The Morgan fingerprint density at radius 1 is 1.35 bits per heavy atom. The van der Waals surface area contributed by atoms with E-state index in [0.29, 0.717) is 23.9 Å². The van der Waals surface area contributed by atoms with Gasteiger partial charge in [-0.3, -0.25) is 0 Å². The van der Waals surface area contributed by atoms with Crippen molar-refractivity contribution in [3.05, 3.63) is 15.8 Å². The van der Waals surface area contributed by atoms with Crippen molar-refractivity contribution in [2.75, 3.05) is 13.6 Å². The smallest absolute Gasteiger partial charge is 0.242 e. The van der Waals surface area contributed by atoms with Crippen LogP contribution >= 0.6 is 11.3 Å². The first-order chi connectivity index (χ1) is 9.12. The van der Waals surface area contributed by atoms with Crippen LogP contribution in [0.3, 0.4) is 0 Å². The van der Waals surface area contributed by atoms with Gasteiger partial charge in [0.25, 0.3) is 0 Å². The number of sulfonamides is 1. The Morgan fingerprint density at radius 3 is 2.45 bits per heavy atom. The van der Waals surface area contributed by atoms with Crippen molar-refractivity contribution in [2.45, 2.75) is 46.1 Å². The molecule has 0 radical (unpaired) electrons. The van der Waals surface area contributed by atoms with Gasteiger partial charge in [0, 0.05) is 18.0 Å². The zero-order valence-electron chi connectivity index (χ0n) is 13.2. The summed E-state index contributed by atoms with van der Waals surface area (Å²) in [4.78, 5) is 1.30. The molecule has 1 aromatic heterocycles. The molecule has 1 rings (SSSR count). The quantitative estimate of drug-likeness (QED) is 0.813. The minimum Gasteiger partial charge on any atom is -0.315 e. The van der Waals surface area contributed by atoms with Crippen LogP contribution in [0.2, 0.25) is 0 Å². The molecule has 1 aromatic rings. The highest BCUT2D eigenvalue weighted by Gasteiger charge is 2.28. The molecule has 0 fully saturated rings. The Bertz CT molecular complexity index is 546. The second-order valence-electron chi connectivity index (χ2n) is 6.17. The molecule has 0 aliphatic rings. The third kappa shape index (κ3) is 4.04. The lowest BCUT2D eigenvalue weighted by atomic mass is 9.81. The highest BCUT2D eigenvalue weighted by molar-refractivity contribution is 7.89. The second kappa shape index (κ2) is 6.56. The van der Waals surface area contributed by atoms with Crippen molar-refractivity contribution in [3.8, 4) is 0 Å². The van der Waals surface area contributed by atoms with Crippen molar-refractivity contribution in [1.82, 2.24) is 10.0 Å². The summed E-state index contributed by atoms with van der Waals surface area (Å²) in [6, 6.07) is 0. The topological polar surface area (TPSA) is 58.2 Å². The Hall–Kier alpha value is -0.430. The molecule has 20 heavy (non-hydrogen) atoms. The zero-order chi connectivity index (χ0) is 15.6. The minimum atomic E-state index is -3.45. The summed E-state index contributed by atoms with van der Waals surface area (Å²) in [6.45, 7) is 11.2. The van der Waals surface area contributed by atoms with E-state index in [2.05, 4.69) is 37.7 Å². The standard InChI is InChI=1S/C14H26N2O2S2/c1-10(2)14(4,5)9-16-20(17,18)13-11(3)8-19-12(13)7-15-6/h8,10,15-16H,7,9H2,1-6H3. The molecule has 0 bridgehead atoms. The molecule has 0 unspecified atom stereocenters. The maximum Gasteiger partial charge on any atom is 0.242 e. The van der Waals surface area contributed by atoms with Crippen molar-refractivity contribution in [2.24, 2.45) is 11.3 Å². The SMILES string of the molecule is CNCc1scc(C)c1S(=O)(=O)NCC(C)(C)C(C)C. The Kier molecular flexibility index (Phi) is 5.78. The summed E-state index contributed by atoms with van der Waals surface area (Å²) >= 11 is 1.49. The monoisotopic (exact) mass is 318 g/mol. The lowest BCUT2D eigenvalue weighted by Gasteiger charge is -2.29. The van der Waals surface area contributed by atoms with Crippen molar-refractivity contribution < 1.29 is 8.42 Å². The molecule has 0 atom stereocenters. The first kappa shape index (κ1) is 17.6. The average Bonchev–Trinajstić information content (AvgIpc) is 2.69. The highest BCUT2D eigenvalue weighted by atomic mass is 32.2. The van der Waals surface area contributed by atoms with Crippen molar-refractivity contribution in [1.29, 1.82) is 0 Å². The molecular weight excluding hydrogens is 292 g/mol. The van der Waals surface area contributed by atoms with E-state index < -0.39 is 10.0 Å². The number of aryl methyl sites for hydroxylation is 1. The maximum atomic E-state index is 12.5. The van der Waals surface area contributed by atoms with E-state index in [9.17, 15) is 8.42 Å². The van der Waals surface area contributed by atoms with Gasteiger partial charge in [0.2, 0.25) is 10.0 Å². The third-order valence-corrected chi connectivity index (χ3v) is 6.74. The van der Waals surface area contributed by atoms with Crippen LogP contribution in [-0.4, -0.2) is 22.0 Å². The summed E-state index contributed by atoms with van der Waals surface area (Å²) in [5.41, 5.74) is 0.746. The lowest BCUT2D eigenvalue weighted by molar-refractivity contribution is 0.252. The van der Waals surface area contributed by atoms with Crippen LogP contribution < -0.4 is 10.0 Å². The third-order valence-electron chi connectivity index (χ3n) is 3.88. The Labute approximate surface area is 127 Å². The highest BCUT2D eigenvalue weighted by Crippen LogP contribution is 2.29. The fraction of sp³-hybridized carbons (Fsp3) is 0.714. The van der Waals surface area contributed by atoms with E-state index in [4.69, 9.17) is 0 Å². The molecule has 0 aliphatic heterocycles. The molecule has 0 saturated heterocycles. The van der Waals surface area contributed by atoms with E-state index in [1.807, 2.05) is 19.4 Å². The van der Waals surface area contributed by atoms with Crippen LogP contribution in [-0.2, 0) is 16.6 Å². The number of hydrogen-bond acceptors (Lipinski definition) is 4. The predicted molar refractivity (Wildman–Crippen MR) is 85.6 cm³/mol. The molecular formula is C14H26N2O2S2. The van der Waals surface area contributed by atoms with Gasteiger partial charge in [0.15, 0.2) is 0 Å². The fourth-order valence-electron chi connectivity index (χ4n) is 1.69. The fourth-order valence-corrected chi connectivity index (χ4v) is 4.73. The second-order valence-corrected chi connectivity index (χ2v) is 8.84. The molecule has 2 N–H and O–H groups in total. The van der Waals surface area contributed by atoms with E-state index in [0.717, 1.165) is 10.4 Å². The largest absolute Gasteiger partial charge is 0.315 e. The van der Waals surface area contributed by atoms with Gasteiger partial charge in [-0.15, -0.1) is 11.3 Å². The van der Waals surface area contributed by atoms with Gasteiger partial charge >= 0.3 is 0 Å². The molecule has 116 valence electrons. The molecule has 0 spiro atoms. The number of hydrogen-bond donors (Lipinski definition) is 2. The minimum absolute atomic E-state index is 0.0693. The van der Waals surface area contributed by atoms with Crippen LogP contribution in [0.15, 0.2) is 10.3 Å². The first-order valence-corrected chi connectivity index (χ1v) is 9.19. The Balaban J connectivity index is 2.98. The normalized spacial score (nSPS) is 13.2.